The van der Waals surface area contributed by atoms with Crippen molar-refractivity contribution in [3.63, 3.8) is 0 Å². The number of rotatable bonds is 1. The van der Waals surface area contributed by atoms with Gasteiger partial charge < -0.3 is 0 Å². The number of fused-ring (bicyclic) bond motifs is 1. The lowest BCUT2D eigenvalue weighted by Crippen LogP contribution is -1.96. The summed E-state index contributed by atoms with van der Waals surface area (Å²) in [4.78, 5) is 11.1. The molecule has 1 heteroatoms. The van der Waals surface area contributed by atoms with Crippen LogP contribution in [0.3, 0.4) is 0 Å². The van der Waals surface area contributed by atoms with Crippen LogP contribution < -0.4 is 0 Å². The summed E-state index contributed by atoms with van der Waals surface area (Å²) in [5.41, 5.74) is 0. The zero-order chi connectivity index (χ0) is 7.14. The average molecular weight is 136 g/mol. The molecule has 2 aliphatic rings. The van der Waals surface area contributed by atoms with Crippen LogP contribution in [0.2, 0.25) is 0 Å². The molecule has 3 unspecified atom stereocenters. The van der Waals surface area contributed by atoms with Gasteiger partial charge in [0.25, 0.3) is 0 Å². The zero-order valence-electron chi connectivity index (χ0n) is 6.21. The van der Waals surface area contributed by atoms with Crippen molar-refractivity contribution in [2.45, 2.75) is 19.8 Å². The summed E-state index contributed by atoms with van der Waals surface area (Å²) in [5.74, 6) is 2.32. The number of carbonyl (C=O) groups is 1. The van der Waals surface area contributed by atoms with Gasteiger partial charge in [-0.05, 0) is 25.2 Å². The van der Waals surface area contributed by atoms with Crippen molar-refractivity contribution in [2.24, 2.45) is 17.8 Å². The summed E-state index contributed by atoms with van der Waals surface area (Å²) >= 11 is 0. The summed E-state index contributed by atoms with van der Waals surface area (Å²) in [6, 6.07) is 0. The summed E-state index contributed by atoms with van der Waals surface area (Å²) < 4.78 is 0. The number of ketones is 1. The van der Waals surface area contributed by atoms with Crippen LogP contribution in [0, 0.1) is 17.8 Å². The lowest BCUT2D eigenvalue weighted by molar-refractivity contribution is -0.119. The molecule has 2 fully saturated rings. The molecule has 0 aromatic rings. The fourth-order valence-corrected chi connectivity index (χ4v) is 2.19. The van der Waals surface area contributed by atoms with Crippen molar-refractivity contribution in [1.82, 2.24) is 0 Å². The highest BCUT2D eigenvalue weighted by Crippen LogP contribution is 2.56. The van der Waals surface area contributed by atoms with Crippen molar-refractivity contribution in [3.8, 4) is 0 Å². The second-order valence-electron chi connectivity index (χ2n) is 3.30. The SMILES string of the molecule is C/C=C/C1C2CCC(=O)C12. The highest BCUT2D eigenvalue weighted by atomic mass is 16.1. The van der Waals surface area contributed by atoms with Crippen molar-refractivity contribution in [2.75, 3.05) is 0 Å². The summed E-state index contributed by atoms with van der Waals surface area (Å²) in [5, 5.41) is 0. The summed E-state index contributed by atoms with van der Waals surface area (Å²) in [6.45, 7) is 2.03. The summed E-state index contributed by atoms with van der Waals surface area (Å²) in [6.07, 6.45) is 6.25. The first-order valence-corrected chi connectivity index (χ1v) is 4.00. The molecule has 1 nitrogen and oxygen atoms in total. The standard InChI is InChI=1S/C9H12O/c1-2-3-6-7-4-5-8(10)9(6)7/h2-3,6-7,9H,4-5H2,1H3/b3-2+. The van der Waals surface area contributed by atoms with E-state index >= 15 is 0 Å². The molecule has 54 valence electrons. The van der Waals surface area contributed by atoms with Gasteiger partial charge in [-0.1, -0.05) is 12.2 Å². The average Bonchev–Trinajstić information content (AvgIpc) is 2.45. The lowest BCUT2D eigenvalue weighted by Gasteiger charge is -1.92. The zero-order valence-corrected chi connectivity index (χ0v) is 6.21. The Morgan fingerprint density at radius 2 is 2.40 bits per heavy atom. The molecular formula is C9H12O. The van der Waals surface area contributed by atoms with Gasteiger partial charge in [0.1, 0.15) is 5.78 Å². The minimum Gasteiger partial charge on any atom is -0.299 e. The van der Waals surface area contributed by atoms with Crippen LogP contribution in [0.4, 0.5) is 0 Å². The van der Waals surface area contributed by atoms with Crippen molar-refractivity contribution >= 4 is 5.78 Å². The van der Waals surface area contributed by atoms with E-state index in [-0.39, 0.29) is 0 Å². The van der Waals surface area contributed by atoms with Crippen LogP contribution in [-0.2, 0) is 4.79 Å². The maximum Gasteiger partial charge on any atom is 0.136 e. The minimum atomic E-state index is 0.441. The third-order valence-corrected chi connectivity index (χ3v) is 2.74. The highest BCUT2D eigenvalue weighted by Gasteiger charge is 2.56. The molecule has 0 heterocycles. The first-order chi connectivity index (χ1) is 4.84. The summed E-state index contributed by atoms with van der Waals surface area (Å²) in [7, 11) is 0. The van der Waals surface area contributed by atoms with Gasteiger partial charge in [0.15, 0.2) is 0 Å². The van der Waals surface area contributed by atoms with E-state index in [0.29, 0.717) is 17.6 Å². The van der Waals surface area contributed by atoms with Gasteiger partial charge in [-0.3, -0.25) is 4.79 Å². The van der Waals surface area contributed by atoms with E-state index < -0.39 is 0 Å². The van der Waals surface area contributed by atoms with Crippen LogP contribution in [0.25, 0.3) is 0 Å². The molecule has 0 aromatic carbocycles. The predicted molar refractivity (Wildman–Crippen MR) is 39.5 cm³/mol. The molecule has 0 spiro atoms. The van der Waals surface area contributed by atoms with Gasteiger partial charge in [-0.2, -0.15) is 0 Å². The molecule has 0 bridgehead atoms. The molecule has 0 aromatic heterocycles. The monoisotopic (exact) mass is 136 g/mol. The molecule has 2 rings (SSSR count). The first kappa shape index (κ1) is 6.14. The number of carbonyl (C=O) groups excluding carboxylic acids is 1. The number of hydrogen-bond acceptors (Lipinski definition) is 1. The van der Waals surface area contributed by atoms with E-state index in [1.807, 2.05) is 6.92 Å². The van der Waals surface area contributed by atoms with Gasteiger partial charge in [0, 0.05) is 12.3 Å². The van der Waals surface area contributed by atoms with Crippen LogP contribution in [0.5, 0.6) is 0 Å². The van der Waals surface area contributed by atoms with Gasteiger partial charge in [-0.15, -0.1) is 0 Å². The Balaban J connectivity index is 2.05. The van der Waals surface area contributed by atoms with Crippen molar-refractivity contribution < 1.29 is 4.79 Å². The van der Waals surface area contributed by atoms with Crippen molar-refractivity contribution in [3.05, 3.63) is 12.2 Å². The molecule has 2 saturated carbocycles. The fraction of sp³-hybridized carbons (Fsp3) is 0.667. The maximum atomic E-state index is 11.1. The highest BCUT2D eigenvalue weighted by molar-refractivity contribution is 5.87. The van der Waals surface area contributed by atoms with E-state index in [4.69, 9.17) is 0 Å². The first-order valence-electron chi connectivity index (χ1n) is 4.00. The topological polar surface area (TPSA) is 17.1 Å². The van der Waals surface area contributed by atoms with Gasteiger partial charge >= 0.3 is 0 Å². The normalized spacial score (nSPS) is 44.5. The minimum absolute atomic E-state index is 0.441. The molecule has 2 aliphatic carbocycles. The smallest absolute Gasteiger partial charge is 0.136 e. The molecule has 0 N–H and O–H groups in total. The second-order valence-corrected chi connectivity index (χ2v) is 3.30. The fourth-order valence-electron chi connectivity index (χ4n) is 2.19. The second kappa shape index (κ2) is 1.94. The van der Waals surface area contributed by atoms with Gasteiger partial charge in [0.2, 0.25) is 0 Å². The Bertz CT molecular complexity index is 193. The molecular weight excluding hydrogens is 124 g/mol. The van der Waals surface area contributed by atoms with E-state index in [0.717, 1.165) is 18.8 Å². The van der Waals surface area contributed by atoms with Gasteiger partial charge in [-0.25, -0.2) is 0 Å². The molecule has 0 radical (unpaired) electrons. The molecule has 3 atom stereocenters. The van der Waals surface area contributed by atoms with Crippen molar-refractivity contribution in [1.29, 1.82) is 0 Å². The van der Waals surface area contributed by atoms with Crippen LogP contribution in [0.1, 0.15) is 19.8 Å². The maximum absolute atomic E-state index is 11.1. The Morgan fingerprint density at radius 3 is 2.90 bits per heavy atom. The molecule has 0 saturated heterocycles. The Morgan fingerprint density at radius 1 is 1.60 bits per heavy atom. The largest absolute Gasteiger partial charge is 0.299 e. The van der Waals surface area contributed by atoms with Crippen LogP contribution >= 0.6 is 0 Å². The Hall–Kier alpha value is -0.590. The third-order valence-electron chi connectivity index (χ3n) is 2.74. The Kier molecular flexibility index (Phi) is 1.19. The quantitative estimate of drug-likeness (QED) is 0.502. The number of Topliss-reactive ketones (excluding diaryl/α,β-unsaturated/α-hetero) is 1. The van der Waals surface area contributed by atoms with Crippen LogP contribution in [0.15, 0.2) is 12.2 Å². The van der Waals surface area contributed by atoms with E-state index in [1.165, 1.54) is 0 Å². The van der Waals surface area contributed by atoms with E-state index in [9.17, 15) is 4.79 Å². The molecule has 10 heavy (non-hydrogen) atoms. The predicted octanol–water partition coefficient (Wildman–Crippen LogP) is 1.79. The molecule has 0 amide bonds. The Labute approximate surface area is 61.1 Å². The van der Waals surface area contributed by atoms with E-state index in [2.05, 4.69) is 12.2 Å². The third kappa shape index (κ3) is 0.664. The number of allylic oxidation sites excluding steroid dienone is 2. The van der Waals surface area contributed by atoms with Crippen LogP contribution in [-0.4, -0.2) is 5.78 Å². The van der Waals surface area contributed by atoms with E-state index in [1.54, 1.807) is 0 Å². The number of hydrogen-bond donors (Lipinski definition) is 0. The lowest BCUT2D eigenvalue weighted by atomic mass is 10.1. The molecule has 0 aliphatic heterocycles. The van der Waals surface area contributed by atoms with Gasteiger partial charge in [0.05, 0.1) is 0 Å².